The molecule has 6 nitrogen and oxygen atoms in total. The van der Waals surface area contributed by atoms with Crippen molar-refractivity contribution in [1.29, 1.82) is 0 Å². The molecule has 1 aliphatic rings. The maximum absolute atomic E-state index is 13.0. The van der Waals surface area contributed by atoms with Crippen LogP contribution in [0.5, 0.6) is 11.5 Å². The van der Waals surface area contributed by atoms with E-state index in [-0.39, 0.29) is 5.91 Å². The Hall–Kier alpha value is -3.38. The number of carbonyl (C=O) groups is 1. The minimum absolute atomic E-state index is 0.0378. The number of rotatable bonds is 7. The molecule has 1 amide bonds. The minimum atomic E-state index is 0.0378. The van der Waals surface area contributed by atoms with Gasteiger partial charge in [-0.3, -0.25) is 9.78 Å². The SMILES string of the molecule is COc1cc(C(=O)N2CC[NH+](Cc3ccncc3)CC2)ccc1OCc1ccccc1. The smallest absolute Gasteiger partial charge is 0.254 e. The largest absolute Gasteiger partial charge is 0.493 e. The first kappa shape index (κ1) is 20.9. The maximum Gasteiger partial charge on any atom is 0.254 e. The van der Waals surface area contributed by atoms with Crippen molar-refractivity contribution in [2.75, 3.05) is 33.3 Å². The van der Waals surface area contributed by atoms with E-state index in [1.165, 1.54) is 10.5 Å². The van der Waals surface area contributed by atoms with Crippen molar-refractivity contribution in [2.45, 2.75) is 13.2 Å². The van der Waals surface area contributed by atoms with Crippen LogP contribution in [-0.2, 0) is 13.2 Å². The molecule has 0 aliphatic carbocycles. The molecule has 4 rings (SSSR count). The Morgan fingerprint density at radius 3 is 2.42 bits per heavy atom. The van der Waals surface area contributed by atoms with E-state index in [1.54, 1.807) is 13.2 Å². The van der Waals surface area contributed by atoms with E-state index in [0.29, 0.717) is 23.7 Å². The lowest BCUT2D eigenvalue weighted by atomic mass is 10.1. The first-order chi connectivity index (χ1) is 15.2. The average Bonchev–Trinajstić information content (AvgIpc) is 2.84. The van der Waals surface area contributed by atoms with Gasteiger partial charge in [-0.05, 0) is 35.9 Å². The number of nitrogens with zero attached hydrogens (tertiary/aromatic N) is 2. The molecule has 0 spiro atoms. The third kappa shape index (κ3) is 5.41. The molecule has 0 bridgehead atoms. The lowest BCUT2D eigenvalue weighted by Gasteiger charge is -2.32. The second kappa shape index (κ2) is 10.1. The van der Waals surface area contributed by atoms with Gasteiger partial charge < -0.3 is 19.3 Å². The van der Waals surface area contributed by atoms with Gasteiger partial charge in [0.1, 0.15) is 13.2 Å². The third-order valence-corrected chi connectivity index (χ3v) is 5.61. The number of ether oxygens (including phenoxy) is 2. The van der Waals surface area contributed by atoms with Gasteiger partial charge in [0, 0.05) is 23.5 Å². The summed E-state index contributed by atoms with van der Waals surface area (Å²) < 4.78 is 11.4. The zero-order chi connectivity index (χ0) is 21.5. The van der Waals surface area contributed by atoms with Gasteiger partial charge in [-0.1, -0.05) is 30.3 Å². The van der Waals surface area contributed by atoms with Crippen molar-refractivity contribution in [2.24, 2.45) is 0 Å². The van der Waals surface area contributed by atoms with E-state index in [4.69, 9.17) is 9.47 Å². The predicted octanol–water partition coefficient (Wildman–Crippen LogP) is 2.21. The van der Waals surface area contributed by atoms with Crippen LogP contribution in [0, 0.1) is 0 Å². The fourth-order valence-electron chi connectivity index (χ4n) is 3.83. The Bertz CT molecular complexity index is 987. The monoisotopic (exact) mass is 418 g/mol. The molecular weight excluding hydrogens is 390 g/mol. The second-order valence-electron chi connectivity index (χ2n) is 7.71. The van der Waals surface area contributed by atoms with Crippen molar-refractivity contribution in [1.82, 2.24) is 9.88 Å². The van der Waals surface area contributed by atoms with Gasteiger partial charge in [0.2, 0.25) is 0 Å². The van der Waals surface area contributed by atoms with Crippen LogP contribution >= 0.6 is 0 Å². The van der Waals surface area contributed by atoms with Gasteiger partial charge in [0.25, 0.3) is 5.91 Å². The molecule has 0 radical (unpaired) electrons. The fraction of sp³-hybridized carbons (Fsp3) is 0.280. The number of amides is 1. The standard InChI is InChI=1S/C25H27N3O3/c1-30-24-17-22(7-8-23(24)31-19-21-5-3-2-4-6-21)25(29)28-15-13-27(14-16-28)18-20-9-11-26-12-10-20/h2-12,17H,13-16,18-19H2,1H3/p+1. The topological polar surface area (TPSA) is 56.1 Å². The number of piperazine rings is 1. The molecule has 1 aromatic heterocycles. The molecule has 31 heavy (non-hydrogen) atoms. The summed E-state index contributed by atoms with van der Waals surface area (Å²) in [6.45, 7) is 4.77. The highest BCUT2D eigenvalue weighted by atomic mass is 16.5. The Morgan fingerprint density at radius 2 is 1.71 bits per heavy atom. The number of methoxy groups -OCH3 is 1. The second-order valence-corrected chi connectivity index (χ2v) is 7.71. The number of nitrogens with one attached hydrogen (secondary N) is 1. The molecule has 2 heterocycles. The molecule has 1 N–H and O–H groups in total. The summed E-state index contributed by atoms with van der Waals surface area (Å²) >= 11 is 0. The summed E-state index contributed by atoms with van der Waals surface area (Å²) in [7, 11) is 1.60. The number of benzene rings is 2. The lowest BCUT2D eigenvalue weighted by Crippen LogP contribution is -3.13. The van der Waals surface area contributed by atoms with Gasteiger partial charge in [0.05, 0.1) is 33.3 Å². The Balaban J connectivity index is 1.35. The molecule has 0 unspecified atom stereocenters. The van der Waals surface area contributed by atoms with Crippen LogP contribution in [0.25, 0.3) is 0 Å². The summed E-state index contributed by atoms with van der Waals surface area (Å²) in [4.78, 5) is 20.5. The van der Waals surface area contributed by atoms with Crippen LogP contribution in [-0.4, -0.2) is 49.1 Å². The number of hydrogen-bond donors (Lipinski definition) is 1. The van der Waals surface area contributed by atoms with Crippen LogP contribution < -0.4 is 14.4 Å². The first-order valence-electron chi connectivity index (χ1n) is 10.6. The van der Waals surface area contributed by atoms with Crippen LogP contribution in [0.3, 0.4) is 0 Å². The fourth-order valence-corrected chi connectivity index (χ4v) is 3.83. The summed E-state index contributed by atoms with van der Waals surface area (Å²) in [6.07, 6.45) is 3.66. The van der Waals surface area contributed by atoms with Crippen molar-refractivity contribution < 1.29 is 19.2 Å². The molecular formula is C25H28N3O3+. The molecule has 1 fully saturated rings. The molecule has 1 saturated heterocycles. The molecule has 6 heteroatoms. The van der Waals surface area contributed by atoms with E-state index < -0.39 is 0 Å². The van der Waals surface area contributed by atoms with Gasteiger partial charge >= 0.3 is 0 Å². The summed E-state index contributed by atoms with van der Waals surface area (Å²) in [5.41, 5.74) is 2.99. The summed E-state index contributed by atoms with van der Waals surface area (Å²) in [5.74, 6) is 1.24. The quantitative estimate of drug-likeness (QED) is 0.639. The highest BCUT2D eigenvalue weighted by Gasteiger charge is 2.25. The Kier molecular flexibility index (Phi) is 6.79. The third-order valence-electron chi connectivity index (χ3n) is 5.61. The number of pyridine rings is 1. The average molecular weight is 419 g/mol. The van der Waals surface area contributed by atoms with E-state index in [2.05, 4.69) is 17.1 Å². The minimum Gasteiger partial charge on any atom is -0.493 e. The molecule has 160 valence electrons. The van der Waals surface area contributed by atoms with Gasteiger partial charge in [-0.15, -0.1) is 0 Å². The van der Waals surface area contributed by atoms with Crippen LogP contribution in [0.2, 0.25) is 0 Å². The Morgan fingerprint density at radius 1 is 0.968 bits per heavy atom. The van der Waals surface area contributed by atoms with Gasteiger partial charge in [0.15, 0.2) is 11.5 Å². The van der Waals surface area contributed by atoms with Crippen LogP contribution in [0.1, 0.15) is 21.5 Å². The van der Waals surface area contributed by atoms with Crippen molar-refractivity contribution in [3.63, 3.8) is 0 Å². The zero-order valence-corrected chi connectivity index (χ0v) is 17.8. The lowest BCUT2D eigenvalue weighted by molar-refractivity contribution is -0.917. The van der Waals surface area contributed by atoms with E-state index in [1.807, 2.05) is 59.8 Å². The normalized spacial score (nSPS) is 14.3. The van der Waals surface area contributed by atoms with Gasteiger partial charge in [-0.25, -0.2) is 0 Å². The van der Waals surface area contributed by atoms with Crippen molar-refractivity contribution in [3.05, 3.63) is 89.7 Å². The molecule has 2 aromatic carbocycles. The van der Waals surface area contributed by atoms with Crippen molar-refractivity contribution in [3.8, 4) is 11.5 Å². The van der Waals surface area contributed by atoms with E-state index >= 15 is 0 Å². The predicted molar refractivity (Wildman–Crippen MR) is 118 cm³/mol. The number of aromatic nitrogens is 1. The number of quaternary nitrogens is 1. The van der Waals surface area contributed by atoms with E-state index in [0.717, 1.165) is 38.3 Å². The highest BCUT2D eigenvalue weighted by molar-refractivity contribution is 5.95. The zero-order valence-electron chi connectivity index (χ0n) is 17.8. The molecule has 1 aliphatic heterocycles. The van der Waals surface area contributed by atoms with Crippen LogP contribution in [0.15, 0.2) is 73.1 Å². The summed E-state index contributed by atoms with van der Waals surface area (Å²) in [5, 5.41) is 0. The molecule has 3 aromatic rings. The van der Waals surface area contributed by atoms with Gasteiger partial charge in [-0.2, -0.15) is 0 Å². The molecule has 0 saturated carbocycles. The van der Waals surface area contributed by atoms with Crippen LogP contribution in [0.4, 0.5) is 0 Å². The maximum atomic E-state index is 13.0. The van der Waals surface area contributed by atoms with Crippen molar-refractivity contribution >= 4 is 5.91 Å². The number of hydrogen-bond acceptors (Lipinski definition) is 4. The first-order valence-corrected chi connectivity index (χ1v) is 10.6. The summed E-state index contributed by atoms with van der Waals surface area (Å²) in [6, 6.07) is 19.5. The highest BCUT2D eigenvalue weighted by Crippen LogP contribution is 2.29. The number of carbonyl (C=O) groups excluding carboxylic acids is 1. The molecule has 0 atom stereocenters. The Labute approximate surface area is 183 Å². The van der Waals surface area contributed by atoms with E-state index in [9.17, 15) is 4.79 Å².